The van der Waals surface area contributed by atoms with Crippen molar-refractivity contribution in [2.75, 3.05) is 27.3 Å². The van der Waals surface area contributed by atoms with Crippen molar-refractivity contribution in [3.63, 3.8) is 0 Å². The third kappa shape index (κ3) is 2.18. The van der Waals surface area contributed by atoms with Crippen LogP contribution in [0.3, 0.4) is 0 Å². The molecule has 1 fully saturated rings. The molecule has 2 aliphatic rings. The zero-order valence-electron chi connectivity index (χ0n) is 12.5. The number of aryl methyl sites for hydroxylation is 1. The second-order valence-corrected chi connectivity index (χ2v) is 5.37. The van der Waals surface area contributed by atoms with E-state index >= 15 is 0 Å². The van der Waals surface area contributed by atoms with Crippen molar-refractivity contribution in [1.82, 2.24) is 14.7 Å². The number of carbonyl (C=O) groups excluding carboxylic acids is 2. The molecule has 0 aromatic carbocycles. The van der Waals surface area contributed by atoms with Crippen molar-refractivity contribution in [2.24, 2.45) is 12.2 Å². The summed E-state index contributed by atoms with van der Waals surface area (Å²) in [6, 6.07) is 0. The van der Waals surface area contributed by atoms with Gasteiger partial charge in [-0.05, 0) is 0 Å². The molecule has 1 saturated heterocycles. The Morgan fingerprint density at radius 1 is 1.36 bits per heavy atom. The van der Waals surface area contributed by atoms with Gasteiger partial charge >= 0.3 is 5.97 Å². The molecule has 0 atom stereocenters. The van der Waals surface area contributed by atoms with Crippen molar-refractivity contribution in [1.29, 1.82) is 0 Å². The molecule has 1 amide bonds. The van der Waals surface area contributed by atoms with Crippen molar-refractivity contribution in [3.8, 4) is 5.88 Å². The Balaban J connectivity index is 1.64. The van der Waals surface area contributed by atoms with E-state index in [1.165, 1.54) is 18.9 Å². The molecule has 0 bridgehead atoms. The average molecular weight is 308 g/mol. The molecule has 9 heteroatoms. The molecular weight excluding hydrogens is 292 g/mol. The van der Waals surface area contributed by atoms with Gasteiger partial charge in [0.2, 0.25) is 5.88 Å². The van der Waals surface area contributed by atoms with Crippen molar-refractivity contribution < 1.29 is 23.9 Å². The number of aromatic nitrogens is 2. The number of carbonyl (C=O) groups is 2. The number of ether oxygens (including phenoxy) is 2. The minimum Gasteiger partial charge on any atom is -0.479 e. The molecule has 9 nitrogen and oxygen atoms in total. The second-order valence-electron chi connectivity index (χ2n) is 5.37. The highest BCUT2D eigenvalue weighted by Gasteiger charge is 2.53. The Bertz CT molecular complexity index is 659. The summed E-state index contributed by atoms with van der Waals surface area (Å²) in [7, 11) is 4.47. The predicted molar refractivity (Wildman–Crippen MR) is 73.5 cm³/mol. The standard InChI is InChI=1S/C13H16N4O5/c1-16-5-8(10(14-16)20-2)11(18)17-6-13(7-17)4-9(15-22-13)12(19)21-3/h5H,4,6-7H2,1-3H3. The Hall–Kier alpha value is -2.58. The Labute approximate surface area is 126 Å². The van der Waals surface area contributed by atoms with Crippen LogP contribution < -0.4 is 4.74 Å². The highest BCUT2D eigenvalue weighted by atomic mass is 16.7. The maximum absolute atomic E-state index is 12.4. The van der Waals surface area contributed by atoms with E-state index in [2.05, 4.69) is 15.0 Å². The molecule has 0 N–H and O–H groups in total. The second kappa shape index (κ2) is 5.00. The number of esters is 1. The zero-order valence-corrected chi connectivity index (χ0v) is 12.5. The summed E-state index contributed by atoms with van der Waals surface area (Å²) in [6.07, 6.45) is 1.95. The van der Waals surface area contributed by atoms with Gasteiger partial charge in [-0.3, -0.25) is 9.48 Å². The summed E-state index contributed by atoms with van der Waals surface area (Å²) in [4.78, 5) is 30.8. The van der Waals surface area contributed by atoms with Crippen LogP contribution in [0.5, 0.6) is 5.88 Å². The SMILES string of the molecule is COC(=O)C1=NOC2(C1)CN(C(=O)c1cn(C)nc1OC)C2. The van der Waals surface area contributed by atoms with Crippen LogP contribution in [0.2, 0.25) is 0 Å². The number of nitrogens with zero attached hydrogens (tertiary/aromatic N) is 4. The normalized spacial score (nSPS) is 18.5. The molecule has 3 heterocycles. The van der Waals surface area contributed by atoms with Crippen LogP contribution in [0.4, 0.5) is 0 Å². The molecule has 0 unspecified atom stereocenters. The quantitative estimate of drug-likeness (QED) is 0.703. The molecule has 22 heavy (non-hydrogen) atoms. The van der Waals surface area contributed by atoms with E-state index in [1.807, 2.05) is 0 Å². The minimum absolute atomic E-state index is 0.189. The predicted octanol–water partition coefficient (Wildman–Crippen LogP) is -0.427. The van der Waals surface area contributed by atoms with Crippen LogP contribution in [0.1, 0.15) is 16.8 Å². The van der Waals surface area contributed by atoms with E-state index in [0.717, 1.165) is 0 Å². The van der Waals surface area contributed by atoms with Gasteiger partial charge in [0.25, 0.3) is 5.91 Å². The number of oxime groups is 1. The van der Waals surface area contributed by atoms with Crippen LogP contribution in [0, 0.1) is 0 Å². The van der Waals surface area contributed by atoms with Gasteiger partial charge in [-0.1, -0.05) is 5.16 Å². The number of methoxy groups -OCH3 is 2. The average Bonchev–Trinajstić information content (AvgIpc) is 3.07. The molecule has 3 rings (SSSR count). The fourth-order valence-corrected chi connectivity index (χ4v) is 2.65. The summed E-state index contributed by atoms with van der Waals surface area (Å²) in [6.45, 7) is 0.710. The molecule has 0 aliphatic carbocycles. The summed E-state index contributed by atoms with van der Waals surface area (Å²) < 4.78 is 11.2. The lowest BCUT2D eigenvalue weighted by molar-refractivity contribution is -0.132. The van der Waals surface area contributed by atoms with Gasteiger partial charge in [-0.25, -0.2) is 4.79 Å². The van der Waals surface area contributed by atoms with Gasteiger partial charge in [0.15, 0.2) is 11.3 Å². The Morgan fingerprint density at radius 3 is 2.73 bits per heavy atom. The van der Waals surface area contributed by atoms with Crippen LogP contribution >= 0.6 is 0 Å². The summed E-state index contributed by atoms with van der Waals surface area (Å²) in [5.74, 6) is -0.409. The number of amides is 1. The number of hydrogen-bond donors (Lipinski definition) is 0. The molecule has 1 aromatic rings. The third-order valence-corrected chi connectivity index (χ3v) is 3.72. The van der Waals surface area contributed by atoms with Crippen LogP contribution in [-0.2, 0) is 21.4 Å². The van der Waals surface area contributed by atoms with Crippen LogP contribution in [0.15, 0.2) is 11.4 Å². The van der Waals surface area contributed by atoms with E-state index in [4.69, 9.17) is 9.57 Å². The number of likely N-dealkylation sites (tertiary alicyclic amines) is 1. The molecule has 2 aliphatic heterocycles. The van der Waals surface area contributed by atoms with Gasteiger partial charge in [-0.15, -0.1) is 5.10 Å². The molecule has 0 saturated carbocycles. The first-order valence-electron chi connectivity index (χ1n) is 6.68. The number of hydrogen-bond acceptors (Lipinski definition) is 7. The monoisotopic (exact) mass is 308 g/mol. The Morgan fingerprint density at radius 2 is 2.09 bits per heavy atom. The molecule has 1 spiro atoms. The minimum atomic E-state index is -0.616. The smallest absolute Gasteiger partial charge is 0.355 e. The first kappa shape index (κ1) is 14.4. The lowest BCUT2D eigenvalue weighted by atomic mass is 9.88. The van der Waals surface area contributed by atoms with Crippen LogP contribution in [0.25, 0.3) is 0 Å². The fraction of sp³-hybridized carbons (Fsp3) is 0.538. The van der Waals surface area contributed by atoms with E-state index in [9.17, 15) is 9.59 Å². The maximum atomic E-state index is 12.4. The first-order valence-corrected chi connectivity index (χ1v) is 6.68. The van der Waals surface area contributed by atoms with Crippen LogP contribution in [-0.4, -0.2) is 65.2 Å². The van der Waals surface area contributed by atoms with Crippen molar-refractivity contribution in [3.05, 3.63) is 11.8 Å². The number of rotatable bonds is 3. The van der Waals surface area contributed by atoms with E-state index in [-0.39, 0.29) is 17.5 Å². The van der Waals surface area contributed by atoms with E-state index in [1.54, 1.807) is 18.1 Å². The third-order valence-electron chi connectivity index (χ3n) is 3.72. The van der Waals surface area contributed by atoms with Crippen molar-refractivity contribution >= 4 is 17.6 Å². The molecule has 118 valence electrons. The summed E-state index contributed by atoms with van der Waals surface area (Å²) >= 11 is 0. The molecular formula is C13H16N4O5. The zero-order chi connectivity index (χ0) is 15.9. The van der Waals surface area contributed by atoms with E-state index < -0.39 is 11.6 Å². The highest BCUT2D eigenvalue weighted by molar-refractivity contribution is 6.36. The lowest BCUT2D eigenvalue weighted by Gasteiger charge is -2.45. The van der Waals surface area contributed by atoms with Crippen molar-refractivity contribution in [2.45, 2.75) is 12.0 Å². The lowest BCUT2D eigenvalue weighted by Crippen LogP contribution is -2.63. The molecule has 0 radical (unpaired) electrons. The summed E-state index contributed by atoms with van der Waals surface area (Å²) in [5, 5.41) is 7.81. The Kier molecular flexibility index (Phi) is 3.27. The maximum Gasteiger partial charge on any atom is 0.355 e. The van der Waals surface area contributed by atoms with Gasteiger partial charge < -0.3 is 19.2 Å². The van der Waals surface area contributed by atoms with Gasteiger partial charge in [-0.2, -0.15) is 0 Å². The summed E-state index contributed by atoms with van der Waals surface area (Å²) in [5.41, 5.74) is 0.0229. The fourth-order valence-electron chi connectivity index (χ4n) is 2.65. The highest BCUT2D eigenvalue weighted by Crippen LogP contribution is 2.35. The van der Waals surface area contributed by atoms with Gasteiger partial charge in [0.05, 0.1) is 27.3 Å². The largest absolute Gasteiger partial charge is 0.479 e. The molecule has 1 aromatic heterocycles. The van der Waals surface area contributed by atoms with Gasteiger partial charge in [0.1, 0.15) is 5.56 Å². The topological polar surface area (TPSA) is 95.2 Å². The first-order chi connectivity index (χ1) is 10.5. The van der Waals surface area contributed by atoms with E-state index in [0.29, 0.717) is 25.1 Å². The van der Waals surface area contributed by atoms with Gasteiger partial charge in [0, 0.05) is 19.7 Å².